The molecule has 0 saturated heterocycles. The summed E-state index contributed by atoms with van der Waals surface area (Å²) in [5.41, 5.74) is 13.5. The number of pyridine rings is 1. The first-order valence-electron chi connectivity index (χ1n) is 11.0. The average Bonchev–Trinajstić information content (AvgIpc) is 3.34. The van der Waals surface area contributed by atoms with Gasteiger partial charge in [0.1, 0.15) is 0 Å². The van der Waals surface area contributed by atoms with Crippen molar-refractivity contribution in [2.24, 2.45) is 11.1 Å². The lowest BCUT2D eigenvalue weighted by atomic mass is 9.57. The van der Waals surface area contributed by atoms with Gasteiger partial charge >= 0.3 is 0 Å². The van der Waals surface area contributed by atoms with Gasteiger partial charge in [0, 0.05) is 37.0 Å². The van der Waals surface area contributed by atoms with Gasteiger partial charge in [-0.1, -0.05) is 0 Å². The van der Waals surface area contributed by atoms with Gasteiger partial charge in [-0.25, -0.2) is 4.98 Å². The normalized spacial score (nSPS) is 28.8. The predicted molar refractivity (Wildman–Crippen MR) is 111 cm³/mol. The Bertz CT molecular complexity index is 1050. The van der Waals surface area contributed by atoms with Gasteiger partial charge in [-0.2, -0.15) is 10.2 Å². The first-order chi connectivity index (χ1) is 14.0. The number of nitrogens with zero attached hydrogens (tertiary/aromatic N) is 4. The minimum atomic E-state index is 0.139. The Labute approximate surface area is 170 Å². The van der Waals surface area contributed by atoms with E-state index in [0.717, 1.165) is 37.1 Å². The van der Waals surface area contributed by atoms with Crippen LogP contribution in [-0.2, 0) is 19.5 Å². The smallest absolute Gasteiger partial charge is 0.209 e. The monoisotopic (exact) mass is 392 g/mol. The van der Waals surface area contributed by atoms with Crippen LogP contribution in [0.25, 0.3) is 11.0 Å². The van der Waals surface area contributed by atoms with Gasteiger partial charge in [-0.15, -0.1) is 4.68 Å². The molecule has 4 aliphatic rings. The molecule has 2 bridgehead atoms. The van der Waals surface area contributed by atoms with Crippen LogP contribution in [0.15, 0.2) is 18.5 Å². The van der Waals surface area contributed by atoms with Crippen LogP contribution in [0.2, 0.25) is 0 Å². The van der Waals surface area contributed by atoms with Crippen LogP contribution in [0, 0.1) is 12.3 Å². The van der Waals surface area contributed by atoms with Crippen molar-refractivity contribution in [2.75, 3.05) is 11.4 Å². The molecule has 3 saturated carbocycles. The van der Waals surface area contributed by atoms with Gasteiger partial charge in [-0.05, 0) is 44.6 Å². The number of aromatic nitrogens is 5. The number of nitrogens with two attached hydrogens (primary N) is 1. The molecule has 4 N–H and O–H groups in total. The fourth-order valence-corrected chi connectivity index (χ4v) is 5.97. The molecule has 3 aromatic rings. The number of hydrogen-bond donors (Lipinski definition) is 3. The maximum atomic E-state index is 6.53. The van der Waals surface area contributed by atoms with Crippen LogP contribution in [-0.4, -0.2) is 32.4 Å². The maximum absolute atomic E-state index is 6.53. The molecular weight excluding hydrogens is 362 g/mol. The van der Waals surface area contributed by atoms with Gasteiger partial charge in [0.05, 0.1) is 35.1 Å². The topological polar surface area (TPSA) is 90.5 Å². The largest absolute Gasteiger partial charge is 0.366 e. The van der Waals surface area contributed by atoms with E-state index >= 15 is 0 Å². The third-order valence-electron chi connectivity index (χ3n) is 8.08. The number of hydrogen-bond acceptors (Lipinski definition) is 4. The minimum absolute atomic E-state index is 0.139. The summed E-state index contributed by atoms with van der Waals surface area (Å²) >= 11 is 0. The van der Waals surface area contributed by atoms with Crippen molar-refractivity contribution < 1.29 is 4.68 Å². The molecule has 4 heterocycles. The quantitative estimate of drug-likeness (QED) is 0.597. The number of anilines is 1. The molecule has 152 valence electrons. The number of aromatic amines is 2. The Morgan fingerprint density at radius 1 is 1.21 bits per heavy atom. The Morgan fingerprint density at radius 2 is 2.00 bits per heavy atom. The Morgan fingerprint density at radius 3 is 2.79 bits per heavy atom. The number of nitrogens with one attached hydrogen (secondary N) is 2. The Balaban J connectivity index is 1.28. The van der Waals surface area contributed by atoms with Gasteiger partial charge in [0.15, 0.2) is 12.2 Å². The van der Waals surface area contributed by atoms with E-state index in [-0.39, 0.29) is 5.54 Å². The molecular formula is C22H30N7+. The molecule has 3 aliphatic carbocycles. The van der Waals surface area contributed by atoms with E-state index in [0.29, 0.717) is 5.41 Å². The van der Waals surface area contributed by atoms with Crippen LogP contribution in [0.3, 0.4) is 0 Å². The number of H-pyrrole nitrogens is 2. The number of rotatable bonds is 3. The van der Waals surface area contributed by atoms with Crippen LogP contribution < -0.4 is 15.3 Å². The summed E-state index contributed by atoms with van der Waals surface area (Å²) in [7, 11) is 0. The standard InChI is InChI=1S/C22H29N7/c1-15-17-13-28(19-2-10-24-20-16(19)12-25-26-20)11-3-18(17)27-29(15)14-21-4-7-22(23,8-5-21)9-6-21/h2,10,12H,3-9,11,13-14,23H2,1H3,(H,24,25,26)/p+1. The van der Waals surface area contributed by atoms with Crippen molar-refractivity contribution in [3.63, 3.8) is 0 Å². The van der Waals surface area contributed by atoms with Crippen molar-refractivity contribution in [1.82, 2.24) is 20.3 Å². The van der Waals surface area contributed by atoms with Crippen molar-refractivity contribution in [3.05, 3.63) is 35.4 Å². The van der Waals surface area contributed by atoms with Crippen LogP contribution in [0.5, 0.6) is 0 Å². The lowest BCUT2D eigenvalue weighted by Gasteiger charge is -2.50. The van der Waals surface area contributed by atoms with Crippen molar-refractivity contribution in [1.29, 1.82) is 0 Å². The zero-order valence-electron chi connectivity index (χ0n) is 17.2. The number of fused-ring (bicyclic) bond motifs is 5. The molecule has 0 spiro atoms. The van der Waals surface area contributed by atoms with Crippen molar-refractivity contribution >= 4 is 16.7 Å². The highest BCUT2D eigenvalue weighted by Crippen LogP contribution is 2.51. The third kappa shape index (κ3) is 2.70. The molecule has 3 fully saturated rings. The lowest BCUT2D eigenvalue weighted by molar-refractivity contribution is -0.768. The van der Waals surface area contributed by atoms with Crippen molar-refractivity contribution in [3.8, 4) is 0 Å². The van der Waals surface area contributed by atoms with Crippen molar-refractivity contribution in [2.45, 2.75) is 70.5 Å². The summed E-state index contributed by atoms with van der Waals surface area (Å²) in [5, 5.41) is 12.0. The molecule has 7 heteroatoms. The lowest BCUT2D eigenvalue weighted by Crippen LogP contribution is -2.57. The third-order valence-corrected chi connectivity index (χ3v) is 8.08. The van der Waals surface area contributed by atoms with E-state index in [1.165, 1.54) is 61.2 Å². The molecule has 0 aromatic carbocycles. The fraction of sp³-hybridized carbons (Fsp3) is 0.591. The summed E-state index contributed by atoms with van der Waals surface area (Å²) in [6.07, 6.45) is 12.2. The second kappa shape index (κ2) is 6.05. The van der Waals surface area contributed by atoms with E-state index in [4.69, 9.17) is 5.73 Å². The molecule has 7 rings (SSSR count). The Hall–Kier alpha value is -2.41. The zero-order chi connectivity index (χ0) is 19.6. The van der Waals surface area contributed by atoms with Crippen LogP contribution in [0.4, 0.5) is 5.69 Å². The van der Waals surface area contributed by atoms with Crippen LogP contribution in [0.1, 0.15) is 55.5 Å². The average molecular weight is 393 g/mol. The summed E-state index contributed by atoms with van der Waals surface area (Å²) in [6.45, 7) is 5.35. The minimum Gasteiger partial charge on any atom is -0.366 e. The second-order valence-electron chi connectivity index (χ2n) is 9.74. The van der Waals surface area contributed by atoms with Gasteiger partial charge in [-0.3, -0.25) is 5.10 Å². The first kappa shape index (κ1) is 17.4. The molecule has 29 heavy (non-hydrogen) atoms. The zero-order valence-corrected chi connectivity index (χ0v) is 17.2. The maximum Gasteiger partial charge on any atom is 0.209 e. The second-order valence-corrected chi connectivity index (χ2v) is 9.74. The molecule has 0 radical (unpaired) electrons. The summed E-state index contributed by atoms with van der Waals surface area (Å²) < 4.78 is 2.45. The predicted octanol–water partition coefficient (Wildman–Crippen LogP) is 2.50. The molecule has 1 aliphatic heterocycles. The highest BCUT2D eigenvalue weighted by atomic mass is 15.3. The summed E-state index contributed by atoms with van der Waals surface area (Å²) in [5.74, 6) is 0. The molecule has 0 atom stereocenters. The van der Waals surface area contributed by atoms with E-state index in [2.05, 4.69) is 42.9 Å². The van der Waals surface area contributed by atoms with E-state index in [9.17, 15) is 0 Å². The van der Waals surface area contributed by atoms with Crippen LogP contribution >= 0.6 is 0 Å². The molecule has 7 nitrogen and oxygen atoms in total. The Kier molecular flexibility index (Phi) is 3.64. The van der Waals surface area contributed by atoms with Gasteiger partial charge < -0.3 is 10.6 Å². The fourth-order valence-electron chi connectivity index (χ4n) is 5.97. The SMILES string of the molecule is Cc1c2c([nH][n+]1CC13CCC(N)(CC1)CC3)CCN(c1ccnc3[nH]ncc13)C2. The van der Waals surface area contributed by atoms with Gasteiger partial charge in [0.2, 0.25) is 5.69 Å². The highest BCUT2D eigenvalue weighted by molar-refractivity contribution is 5.88. The van der Waals surface area contributed by atoms with E-state index in [1.54, 1.807) is 0 Å². The molecule has 0 amide bonds. The van der Waals surface area contributed by atoms with E-state index in [1.807, 2.05) is 12.4 Å². The summed E-state index contributed by atoms with van der Waals surface area (Å²) in [6, 6.07) is 2.11. The van der Waals surface area contributed by atoms with Gasteiger partial charge in [0.25, 0.3) is 0 Å². The first-order valence-corrected chi connectivity index (χ1v) is 11.0. The highest BCUT2D eigenvalue weighted by Gasteiger charge is 2.49. The van der Waals surface area contributed by atoms with E-state index < -0.39 is 0 Å². The summed E-state index contributed by atoms with van der Waals surface area (Å²) in [4.78, 5) is 6.86. The molecule has 3 aromatic heterocycles. The molecule has 0 unspecified atom stereocenters.